The molecule has 1 aromatic heterocycles. The van der Waals surface area contributed by atoms with Crippen LogP contribution in [0.2, 0.25) is 0 Å². The number of carbonyl (C=O) groups is 1. The highest BCUT2D eigenvalue weighted by Crippen LogP contribution is 2.37. The zero-order valence-electron chi connectivity index (χ0n) is 20.5. The minimum atomic E-state index is -0.473. The van der Waals surface area contributed by atoms with E-state index in [0.29, 0.717) is 41.0 Å². The molecule has 2 N–H and O–H groups in total. The summed E-state index contributed by atoms with van der Waals surface area (Å²) >= 11 is 0. The summed E-state index contributed by atoms with van der Waals surface area (Å²) in [5, 5.41) is 10.6. The Labute approximate surface area is 205 Å². The van der Waals surface area contributed by atoms with Crippen molar-refractivity contribution in [1.82, 2.24) is 14.8 Å². The smallest absolute Gasteiger partial charge is 0.255 e. The van der Waals surface area contributed by atoms with E-state index in [1.165, 1.54) is 6.33 Å². The Morgan fingerprint density at radius 2 is 1.86 bits per heavy atom. The number of fused-ring (bicyclic) bond motifs is 1. The van der Waals surface area contributed by atoms with E-state index in [0.717, 1.165) is 30.6 Å². The van der Waals surface area contributed by atoms with Crippen LogP contribution in [0.25, 0.3) is 0 Å². The number of hydrogen-bond acceptors (Lipinski definition) is 7. The quantitative estimate of drug-likeness (QED) is 0.405. The molecular formula is C26H31N5O4. The monoisotopic (exact) mass is 477 g/mol. The van der Waals surface area contributed by atoms with Gasteiger partial charge in [0.2, 0.25) is 5.95 Å². The van der Waals surface area contributed by atoms with Gasteiger partial charge in [0, 0.05) is 11.8 Å². The predicted molar refractivity (Wildman–Crippen MR) is 134 cm³/mol. The van der Waals surface area contributed by atoms with Gasteiger partial charge >= 0.3 is 0 Å². The van der Waals surface area contributed by atoms with Crippen molar-refractivity contribution < 1.29 is 19.0 Å². The van der Waals surface area contributed by atoms with Crippen LogP contribution in [0.4, 0.5) is 11.6 Å². The van der Waals surface area contributed by atoms with Crippen LogP contribution >= 0.6 is 0 Å². The van der Waals surface area contributed by atoms with Crippen molar-refractivity contribution in [3.63, 3.8) is 0 Å². The first kappa shape index (κ1) is 24.1. The van der Waals surface area contributed by atoms with Crippen molar-refractivity contribution in [2.75, 3.05) is 31.5 Å². The van der Waals surface area contributed by atoms with E-state index >= 15 is 0 Å². The van der Waals surface area contributed by atoms with Gasteiger partial charge in [0.25, 0.3) is 5.91 Å². The van der Waals surface area contributed by atoms with Gasteiger partial charge in [-0.2, -0.15) is 10.1 Å². The molecule has 4 rings (SSSR count). The first-order chi connectivity index (χ1) is 17.0. The summed E-state index contributed by atoms with van der Waals surface area (Å²) in [7, 11) is 3.13. The van der Waals surface area contributed by atoms with Crippen LogP contribution in [-0.4, -0.2) is 41.5 Å². The Kier molecular flexibility index (Phi) is 7.54. The second-order valence-corrected chi connectivity index (χ2v) is 8.24. The number of aromatic nitrogens is 3. The van der Waals surface area contributed by atoms with Crippen molar-refractivity contribution in [3.05, 3.63) is 65.6 Å². The lowest BCUT2D eigenvalue weighted by Crippen LogP contribution is -2.31. The van der Waals surface area contributed by atoms with Gasteiger partial charge in [-0.15, -0.1) is 0 Å². The molecule has 0 fully saturated rings. The normalized spacial score (nSPS) is 14.7. The van der Waals surface area contributed by atoms with Crippen molar-refractivity contribution in [1.29, 1.82) is 0 Å². The summed E-state index contributed by atoms with van der Waals surface area (Å²) in [4.78, 5) is 17.9. The van der Waals surface area contributed by atoms with E-state index < -0.39 is 6.04 Å². The molecule has 0 aliphatic carbocycles. The second-order valence-electron chi connectivity index (χ2n) is 8.24. The third kappa shape index (κ3) is 5.24. The fourth-order valence-electron chi connectivity index (χ4n) is 4.08. The number of nitrogens with one attached hydrogen (secondary N) is 2. The van der Waals surface area contributed by atoms with Crippen LogP contribution in [0.3, 0.4) is 0 Å². The van der Waals surface area contributed by atoms with Crippen LogP contribution < -0.4 is 24.8 Å². The molecule has 0 radical (unpaired) electrons. The molecule has 0 unspecified atom stereocenters. The molecule has 0 saturated heterocycles. The van der Waals surface area contributed by atoms with Crippen LogP contribution in [0.5, 0.6) is 17.2 Å². The Hall–Kier alpha value is -4.01. The van der Waals surface area contributed by atoms with Crippen LogP contribution in [-0.2, 0) is 4.79 Å². The second kappa shape index (κ2) is 10.9. The minimum Gasteiger partial charge on any atom is -0.497 e. The number of methoxy groups -OCH3 is 2. The van der Waals surface area contributed by atoms with E-state index in [1.54, 1.807) is 37.1 Å². The molecule has 9 heteroatoms. The maximum atomic E-state index is 13.6. The molecule has 3 aromatic rings. The SMILES string of the molecule is CCCCCOc1ccc([C@H]2C(C(=O)Nc3cc(OC)ccc3OC)=C(C)Nc3ncnn32)cc1. The third-order valence-electron chi connectivity index (χ3n) is 5.91. The van der Waals surface area contributed by atoms with Gasteiger partial charge in [0.1, 0.15) is 29.6 Å². The number of hydrogen-bond donors (Lipinski definition) is 2. The lowest BCUT2D eigenvalue weighted by Gasteiger charge is -2.29. The van der Waals surface area contributed by atoms with Gasteiger partial charge in [-0.1, -0.05) is 31.9 Å². The first-order valence-electron chi connectivity index (χ1n) is 11.7. The molecular weight excluding hydrogens is 446 g/mol. The summed E-state index contributed by atoms with van der Waals surface area (Å²) in [6.07, 6.45) is 4.79. The molecule has 0 spiro atoms. The first-order valence-corrected chi connectivity index (χ1v) is 11.7. The molecule has 9 nitrogen and oxygen atoms in total. The number of carbonyl (C=O) groups excluding carboxylic acids is 1. The molecule has 2 heterocycles. The minimum absolute atomic E-state index is 0.285. The molecule has 1 amide bonds. The van der Waals surface area contributed by atoms with Crippen molar-refractivity contribution in [2.45, 2.75) is 39.2 Å². The lowest BCUT2D eigenvalue weighted by atomic mass is 9.95. The Morgan fingerprint density at radius 1 is 1.09 bits per heavy atom. The number of ether oxygens (including phenoxy) is 3. The third-order valence-corrected chi connectivity index (χ3v) is 5.91. The number of nitrogens with zero attached hydrogens (tertiary/aromatic N) is 3. The summed E-state index contributed by atoms with van der Waals surface area (Å²) in [5.74, 6) is 2.22. The van der Waals surface area contributed by atoms with E-state index in [2.05, 4.69) is 27.6 Å². The number of benzene rings is 2. The molecule has 1 atom stereocenters. The van der Waals surface area contributed by atoms with Crippen LogP contribution in [0.1, 0.15) is 44.7 Å². The molecule has 1 aliphatic rings. The van der Waals surface area contributed by atoms with Gasteiger partial charge in [0.15, 0.2) is 0 Å². The highest BCUT2D eigenvalue weighted by atomic mass is 16.5. The average molecular weight is 478 g/mol. The van der Waals surface area contributed by atoms with Crippen molar-refractivity contribution >= 4 is 17.5 Å². The number of anilines is 2. The lowest BCUT2D eigenvalue weighted by molar-refractivity contribution is -0.113. The zero-order chi connectivity index (χ0) is 24.8. The Bertz CT molecular complexity index is 1200. The molecule has 0 bridgehead atoms. The highest BCUT2D eigenvalue weighted by molar-refractivity contribution is 6.06. The maximum Gasteiger partial charge on any atom is 0.255 e. The maximum absolute atomic E-state index is 13.6. The Balaban J connectivity index is 1.64. The summed E-state index contributed by atoms with van der Waals surface area (Å²) in [5.41, 5.74) is 2.61. The number of unbranched alkanes of at least 4 members (excludes halogenated alkanes) is 2. The molecule has 1 aliphatic heterocycles. The van der Waals surface area contributed by atoms with E-state index in [-0.39, 0.29) is 5.91 Å². The molecule has 184 valence electrons. The summed E-state index contributed by atoms with van der Waals surface area (Å²) < 4.78 is 18.3. The summed E-state index contributed by atoms with van der Waals surface area (Å²) in [6.45, 7) is 4.71. The molecule has 35 heavy (non-hydrogen) atoms. The van der Waals surface area contributed by atoms with Gasteiger partial charge in [0.05, 0.1) is 32.1 Å². The topological polar surface area (TPSA) is 99.5 Å². The van der Waals surface area contributed by atoms with Crippen LogP contribution in [0, 0.1) is 0 Å². The summed E-state index contributed by atoms with van der Waals surface area (Å²) in [6, 6.07) is 12.6. The number of allylic oxidation sites excluding steroid dienone is 1. The van der Waals surface area contributed by atoms with Gasteiger partial charge in [-0.05, 0) is 43.2 Å². The van der Waals surface area contributed by atoms with E-state index in [9.17, 15) is 4.79 Å². The zero-order valence-corrected chi connectivity index (χ0v) is 20.5. The standard InChI is InChI=1S/C26H31N5O4/c1-5-6-7-14-35-19-10-8-18(9-11-19)24-23(17(2)29-26-27-16-28-31(24)26)25(32)30-21-15-20(33-3)12-13-22(21)34-4/h8-13,15-16,24H,5-7,14H2,1-4H3,(H,30,32)(H,27,28,29)/t24-/m0/s1. The fourth-order valence-corrected chi connectivity index (χ4v) is 4.08. The van der Waals surface area contributed by atoms with Gasteiger partial charge in [-0.3, -0.25) is 4.79 Å². The fraction of sp³-hybridized carbons (Fsp3) is 0.346. The predicted octanol–water partition coefficient (Wildman–Crippen LogP) is 4.79. The van der Waals surface area contributed by atoms with Crippen LogP contribution in [0.15, 0.2) is 60.1 Å². The van der Waals surface area contributed by atoms with E-state index in [4.69, 9.17) is 14.2 Å². The van der Waals surface area contributed by atoms with Crippen molar-refractivity contribution in [2.24, 2.45) is 0 Å². The van der Waals surface area contributed by atoms with Crippen molar-refractivity contribution in [3.8, 4) is 17.2 Å². The number of amides is 1. The van der Waals surface area contributed by atoms with E-state index in [1.807, 2.05) is 31.2 Å². The largest absolute Gasteiger partial charge is 0.497 e. The molecule has 2 aromatic carbocycles. The highest BCUT2D eigenvalue weighted by Gasteiger charge is 2.33. The molecule has 0 saturated carbocycles. The van der Waals surface area contributed by atoms with Gasteiger partial charge in [-0.25, -0.2) is 4.68 Å². The number of rotatable bonds is 10. The average Bonchev–Trinajstić information content (AvgIpc) is 3.34. The van der Waals surface area contributed by atoms with Gasteiger partial charge < -0.3 is 24.8 Å². The Morgan fingerprint density at radius 3 is 2.57 bits per heavy atom.